The van der Waals surface area contributed by atoms with E-state index in [1.54, 1.807) is 42.5 Å². The van der Waals surface area contributed by atoms with Crippen LogP contribution in [0.3, 0.4) is 0 Å². The Labute approximate surface area is 208 Å². The Balaban J connectivity index is 1.75. The van der Waals surface area contributed by atoms with E-state index in [4.69, 9.17) is 33.5 Å². The van der Waals surface area contributed by atoms with E-state index in [9.17, 15) is 9.59 Å². The second kappa shape index (κ2) is 13.7. The maximum atomic E-state index is 12.8. The van der Waals surface area contributed by atoms with Gasteiger partial charge in [0.2, 0.25) is 6.79 Å². The van der Waals surface area contributed by atoms with Crippen molar-refractivity contribution >= 4 is 30.4 Å². The van der Waals surface area contributed by atoms with Crippen molar-refractivity contribution in [1.29, 1.82) is 0 Å². The number of rotatable bonds is 13. The molecule has 0 fully saturated rings. The maximum absolute atomic E-state index is 12.8. The van der Waals surface area contributed by atoms with Crippen molar-refractivity contribution in [1.82, 2.24) is 0 Å². The lowest BCUT2D eigenvalue weighted by molar-refractivity contribution is -0.142. The summed E-state index contributed by atoms with van der Waals surface area (Å²) in [5.74, 6) is 1.19. The Morgan fingerprint density at radius 1 is 1.11 bits per heavy atom. The van der Waals surface area contributed by atoms with Crippen LogP contribution in [0.15, 0.2) is 42.5 Å². The van der Waals surface area contributed by atoms with E-state index < -0.39 is 24.3 Å². The number of carbonyl (C=O) groups excluding carboxylic acids is 2. The molecule has 11 heteroatoms. The Bertz CT molecular complexity index is 970. The Morgan fingerprint density at radius 2 is 1.89 bits per heavy atom. The van der Waals surface area contributed by atoms with Gasteiger partial charge in [-0.05, 0) is 36.8 Å². The predicted octanol–water partition coefficient (Wildman–Crippen LogP) is 3.34. The topological polar surface area (TPSA) is 122 Å². The van der Waals surface area contributed by atoms with Crippen molar-refractivity contribution in [2.75, 3.05) is 44.3 Å². The number of carbonyl (C=O) groups is 2. The molecule has 35 heavy (non-hydrogen) atoms. The highest BCUT2D eigenvalue weighted by molar-refractivity contribution is 7.81. The molecular weight excluding hydrogens is 478 g/mol. The second-order valence-electron chi connectivity index (χ2n) is 7.32. The van der Waals surface area contributed by atoms with Gasteiger partial charge in [0.15, 0.2) is 17.6 Å². The zero-order chi connectivity index (χ0) is 25.0. The molecule has 0 radical (unpaired) electrons. The zero-order valence-corrected chi connectivity index (χ0v) is 20.2. The summed E-state index contributed by atoms with van der Waals surface area (Å²) >= 11 is 3.90. The van der Waals surface area contributed by atoms with E-state index in [-0.39, 0.29) is 38.8 Å². The van der Waals surface area contributed by atoms with Gasteiger partial charge in [-0.2, -0.15) is 12.6 Å². The normalized spacial score (nSPS) is 13.6. The van der Waals surface area contributed by atoms with Gasteiger partial charge in [-0.15, -0.1) is 0 Å². The predicted molar refractivity (Wildman–Crippen MR) is 129 cm³/mol. The summed E-state index contributed by atoms with van der Waals surface area (Å²) in [6.07, 6.45) is -1.82. The molecule has 190 valence electrons. The molecule has 0 aliphatic carbocycles. The number of anilines is 1. The standard InChI is InChI=1S/C24H29NO9S/c1-2-29-20(9-11-31-22(27)14-35)23(16-3-6-18(7-4-16)30-12-10-26)34-24(28)25-17-5-8-19-21(13-17)33-15-32-19/h3-8,13,20,23,26,35H,2,9-12,14-15H2,1H3,(H,25,28)/t20-,23-/m1/s1. The average Bonchev–Trinajstić information content (AvgIpc) is 3.34. The first kappa shape index (κ1) is 26.5. The number of hydrogen-bond acceptors (Lipinski definition) is 10. The number of hydrogen-bond donors (Lipinski definition) is 3. The molecule has 0 spiro atoms. The SMILES string of the molecule is CCO[C@H](CCOC(=O)CS)[C@H](OC(=O)Nc1ccc2c(c1)OCO2)c1ccc(OCCO)cc1. The molecule has 10 nitrogen and oxygen atoms in total. The van der Waals surface area contributed by atoms with Crippen molar-refractivity contribution in [3.63, 3.8) is 0 Å². The van der Waals surface area contributed by atoms with Crippen LogP contribution in [0.2, 0.25) is 0 Å². The number of aliphatic hydroxyl groups excluding tert-OH is 1. The van der Waals surface area contributed by atoms with E-state index in [1.165, 1.54) is 0 Å². The number of esters is 1. The van der Waals surface area contributed by atoms with E-state index >= 15 is 0 Å². The lowest BCUT2D eigenvalue weighted by atomic mass is 10.0. The van der Waals surface area contributed by atoms with Crippen LogP contribution in [0, 0.1) is 0 Å². The van der Waals surface area contributed by atoms with Crippen LogP contribution in [0.1, 0.15) is 25.0 Å². The molecule has 2 N–H and O–H groups in total. The smallest absolute Gasteiger partial charge is 0.412 e. The van der Waals surface area contributed by atoms with E-state index in [1.807, 2.05) is 6.92 Å². The van der Waals surface area contributed by atoms with Crippen LogP contribution in [0.25, 0.3) is 0 Å². The van der Waals surface area contributed by atoms with Gasteiger partial charge in [-0.1, -0.05) is 12.1 Å². The van der Waals surface area contributed by atoms with Gasteiger partial charge in [0.25, 0.3) is 0 Å². The van der Waals surface area contributed by atoms with Gasteiger partial charge in [0, 0.05) is 24.8 Å². The van der Waals surface area contributed by atoms with Crippen molar-refractivity contribution in [2.24, 2.45) is 0 Å². The van der Waals surface area contributed by atoms with Crippen LogP contribution in [0.5, 0.6) is 17.2 Å². The Morgan fingerprint density at radius 3 is 2.60 bits per heavy atom. The highest BCUT2D eigenvalue weighted by Gasteiger charge is 2.28. The summed E-state index contributed by atoms with van der Waals surface area (Å²) in [7, 11) is 0. The Hall–Kier alpha value is -3.15. The van der Waals surface area contributed by atoms with Crippen molar-refractivity contribution in [3.05, 3.63) is 48.0 Å². The quantitative estimate of drug-likeness (QED) is 0.277. The lowest BCUT2D eigenvalue weighted by Gasteiger charge is -2.27. The highest BCUT2D eigenvalue weighted by Crippen LogP contribution is 2.34. The number of benzene rings is 2. The fourth-order valence-electron chi connectivity index (χ4n) is 3.38. The molecule has 2 atom stereocenters. The molecule has 2 aromatic rings. The van der Waals surface area contributed by atoms with Crippen LogP contribution in [0.4, 0.5) is 10.5 Å². The van der Waals surface area contributed by atoms with E-state index in [2.05, 4.69) is 17.9 Å². The zero-order valence-electron chi connectivity index (χ0n) is 19.3. The van der Waals surface area contributed by atoms with Crippen molar-refractivity contribution < 1.29 is 43.1 Å². The number of fused-ring (bicyclic) bond motifs is 1. The largest absolute Gasteiger partial charge is 0.491 e. The molecule has 1 aliphatic heterocycles. The fourth-order valence-corrected chi connectivity index (χ4v) is 3.47. The maximum Gasteiger partial charge on any atom is 0.412 e. The number of amides is 1. The summed E-state index contributed by atoms with van der Waals surface area (Å²) in [5.41, 5.74) is 1.13. The van der Waals surface area contributed by atoms with Gasteiger partial charge in [0.05, 0.1) is 19.0 Å². The van der Waals surface area contributed by atoms with Gasteiger partial charge in [-0.3, -0.25) is 10.1 Å². The van der Waals surface area contributed by atoms with Crippen molar-refractivity contribution in [2.45, 2.75) is 25.6 Å². The minimum atomic E-state index is -0.814. The summed E-state index contributed by atoms with van der Waals surface area (Å²) in [4.78, 5) is 24.3. The highest BCUT2D eigenvalue weighted by atomic mass is 32.1. The molecule has 3 rings (SSSR count). The van der Waals surface area contributed by atoms with Gasteiger partial charge >= 0.3 is 12.1 Å². The Kier molecular flexibility index (Phi) is 10.3. The molecule has 0 saturated carbocycles. The number of ether oxygens (including phenoxy) is 6. The van der Waals surface area contributed by atoms with Crippen LogP contribution in [-0.2, 0) is 19.0 Å². The van der Waals surface area contributed by atoms with E-state index in [0.717, 1.165) is 0 Å². The number of nitrogens with one attached hydrogen (secondary N) is 1. The molecule has 1 amide bonds. The van der Waals surface area contributed by atoms with Crippen molar-refractivity contribution in [3.8, 4) is 17.2 Å². The third kappa shape index (κ3) is 7.94. The van der Waals surface area contributed by atoms with Gasteiger partial charge < -0.3 is 33.5 Å². The molecule has 1 heterocycles. The molecular formula is C24H29NO9S. The monoisotopic (exact) mass is 507 g/mol. The van der Waals surface area contributed by atoms with Crippen LogP contribution in [-0.4, -0.2) is 62.2 Å². The second-order valence-corrected chi connectivity index (χ2v) is 7.64. The van der Waals surface area contributed by atoms with Crippen LogP contribution >= 0.6 is 12.6 Å². The first-order valence-corrected chi connectivity index (χ1v) is 11.8. The summed E-state index contributed by atoms with van der Waals surface area (Å²) in [5, 5.41) is 11.6. The minimum absolute atomic E-state index is 0.0352. The number of aliphatic hydroxyl groups is 1. The lowest BCUT2D eigenvalue weighted by Crippen LogP contribution is -2.30. The summed E-state index contributed by atoms with van der Waals surface area (Å²) in [6.45, 7) is 2.43. The number of thiol groups is 1. The average molecular weight is 508 g/mol. The summed E-state index contributed by atoms with van der Waals surface area (Å²) in [6, 6.07) is 11.9. The third-order valence-electron chi connectivity index (χ3n) is 4.93. The summed E-state index contributed by atoms with van der Waals surface area (Å²) < 4.78 is 32.8. The molecule has 0 unspecified atom stereocenters. The minimum Gasteiger partial charge on any atom is -0.491 e. The molecule has 0 saturated heterocycles. The molecule has 0 bridgehead atoms. The first-order valence-electron chi connectivity index (χ1n) is 11.1. The van der Waals surface area contributed by atoms with Crippen LogP contribution < -0.4 is 19.5 Å². The van der Waals surface area contributed by atoms with Gasteiger partial charge in [-0.25, -0.2) is 4.79 Å². The molecule has 1 aliphatic rings. The molecule has 0 aromatic heterocycles. The molecule has 2 aromatic carbocycles. The third-order valence-corrected chi connectivity index (χ3v) is 5.19. The fraction of sp³-hybridized carbons (Fsp3) is 0.417. The van der Waals surface area contributed by atoms with Gasteiger partial charge in [0.1, 0.15) is 18.5 Å². The van der Waals surface area contributed by atoms with E-state index in [0.29, 0.717) is 35.1 Å². The first-order chi connectivity index (χ1) is 17.0.